The number of benzene rings is 3. The second kappa shape index (κ2) is 11.2. The number of carbonyl (C=O) groups excluding carboxylic acids is 1. The van der Waals surface area contributed by atoms with Gasteiger partial charge in [-0.25, -0.2) is 0 Å². The number of aromatic amines is 1. The van der Waals surface area contributed by atoms with Crippen LogP contribution in [0.15, 0.2) is 66.9 Å². The molecule has 0 saturated carbocycles. The van der Waals surface area contributed by atoms with Crippen molar-refractivity contribution in [1.29, 1.82) is 0 Å². The smallest absolute Gasteiger partial charge is 0.257 e. The Morgan fingerprint density at radius 2 is 1.72 bits per heavy atom. The summed E-state index contributed by atoms with van der Waals surface area (Å²) in [6.07, 6.45) is 1.57. The lowest BCUT2D eigenvalue weighted by atomic mass is 9.98. The van der Waals surface area contributed by atoms with Crippen molar-refractivity contribution in [2.24, 2.45) is 0 Å². The highest BCUT2D eigenvalue weighted by atomic mass is 16.5. The van der Waals surface area contributed by atoms with Crippen molar-refractivity contribution in [1.82, 2.24) is 10.3 Å². The predicted octanol–water partition coefficient (Wildman–Crippen LogP) is 5.49. The molecule has 1 heterocycles. The molecule has 4 rings (SSSR count). The summed E-state index contributed by atoms with van der Waals surface area (Å²) < 4.78 is 16.7. The molecular formula is C29H32N2O5. The van der Waals surface area contributed by atoms with E-state index in [0.717, 1.165) is 34.0 Å². The number of fused-ring (bicyclic) bond motifs is 1. The molecule has 7 nitrogen and oxygen atoms in total. The van der Waals surface area contributed by atoms with Gasteiger partial charge < -0.3 is 29.6 Å². The molecule has 3 aromatic carbocycles. The Hall–Kier alpha value is -3.97. The molecule has 36 heavy (non-hydrogen) atoms. The molecule has 0 aliphatic heterocycles. The molecule has 188 valence electrons. The van der Waals surface area contributed by atoms with Gasteiger partial charge in [-0.15, -0.1) is 0 Å². The van der Waals surface area contributed by atoms with Crippen molar-refractivity contribution < 1.29 is 24.1 Å². The van der Waals surface area contributed by atoms with E-state index in [0.29, 0.717) is 29.4 Å². The van der Waals surface area contributed by atoms with Crippen molar-refractivity contribution in [2.45, 2.75) is 32.4 Å². The van der Waals surface area contributed by atoms with Gasteiger partial charge in [0.1, 0.15) is 23.5 Å². The van der Waals surface area contributed by atoms with Crippen LogP contribution >= 0.6 is 0 Å². The third-order valence-electron chi connectivity index (χ3n) is 6.24. The minimum absolute atomic E-state index is 0.337. The monoisotopic (exact) mass is 488 g/mol. The molecule has 0 radical (unpaired) electrons. The van der Waals surface area contributed by atoms with Gasteiger partial charge in [0.25, 0.3) is 5.91 Å². The van der Waals surface area contributed by atoms with Crippen LogP contribution in [0, 0.1) is 0 Å². The number of H-pyrrole nitrogens is 1. The van der Waals surface area contributed by atoms with Gasteiger partial charge in [-0.2, -0.15) is 0 Å². The molecule has 4 aromatic rings. The number of hydrogen-bond acceptors (Lipinski definition) is 5. The summed E-state index contributed by atoms with van der Waals surface area (Å²) in [5, 5.41) is 14.7. The van der Waals surface area contributed by atoms with Gasteiger partial charge in [-0.3, -0.25) is 4.79 Å². The first-order valence-corrected chi connectivity index (χ1v) is 12.0. The number of carbonyl (C=O) groups is 1. The Morgan fingerprint density at radius 1 is 1.00 bits per heavy atom. The van der Waals surface area contributed by atoms with E-state index in [-0.39, 0.29) is 5.92 Å². The van der Waals surface area contributed by atoms with Crippen LogP contribution in [0.25, 0.3) is 22.0 Å². The minimum atomic E-state index is -1.10. The van der Waals surface area contributed by atoms with Crippen molar-refractivity contribution in [3.63, 3.8) is 0 Å². The maximum absolute atomic E-state index is 13.4. The Bertz CT molecular complexity index is 1320. The molecule has 1 unspecified atom stereocenters. The number of amides is 1. The number of ether oxygens (including phenoxy) is 3. The van der Waals surface area contributed by atoms with Crippen LogP contribution in [0.2, 0.25) is 0 Å². The van der Waals surface area contributed by atoms with Crippen LogP contribution in [0.1, 0.15) is 42.1 Å². The van der Waals surface area contributed by atoms with Crippen LogP contribution in [0.5, 0.6) is 17.2 Å². The lowest BCUT2D eigenvalue weighted by Gasteiger charge is -2.21. The molecular weight excluding hydrogens is 456 g/mol. The molecule has 0 aliphatic carbocycles. The van der Waals surface area contributed by atoms with Crippen LogP contribution in [-0.4, -0.2) is 43.1 Å². The summed E-state index contributed by atoms with van der Waals surface area (Å²) in [7, 11) is 3.19. The second-order valence-corrected chi connectivity index (χ2v) is 8.66. The van der Waals surface area contributed by atoms with Gasteiger partial charge in [0, 0.05) is 29.1 Å². The fraction of sp³-hybridized carbons (Fsp3) is 0.276. The highest BCUT2D eigenvalue weighted by Crippen LogP contribution is 2.33. The fourth-order valence-electron chi connectivity index (χ4n) is 4.18. The molecule has 1 aromatic heterocycles. The van der Waals surface area contributed by atoms with E-state index in [1.807, 2.05) is 62.5 Å². The topological polar surface area (TPSA) is 92.8 Å². The first-order valence-electron chi connectivity index (χ1n) is 12.0. The summed E-state index contributed by atoms with van der Waals surface area (Å²) in [6, 6.07) is 18.8. The van der Waals surface area contributed by atoms with Gasteiger partial charge in [-0.05, 0) is 53.4 Å². The Morgan fingerprint density at radius 3 is 2.42 bits per heavy atom. The van der Waals surface area contributed by atoms with E-state index >= 15 is 0 Å². The third kappa shape index (κ3) is 5.31. The maximum atomic E-state index is 13.4. The van der Waals surface area contributed by atoms with E-state index in [9.17, 15) is 9.90 Å². The predicted molar refractivity (Wildman–Crippen MR) is 141 cm³/mol. The molecule has 0 spiro atoms. The zero-order valence-electron chi connectivity index (χ0n) is 21.0. The number of hydrogen-bond donors (Lipinski definition) is 3. The van der Waals surface area contributed by atoms with E-state index in [1.165, 1.54) is 0 Å². The highest BCUT2D eigenvalue weighted by Gasteiger charge is 2.24. The molecule has 1 amide bonds. The van der Waals surface area contributed by atoms with Gasteiger partial charge in [0.05, 0.1) is 26.4 Å². The standard InChI is InChI=1S/C29H32N2O5/c1-5-12-36-27-11-10-19(20-13-21(34-3)16-22(14-20)35-4)15-24(27)29(33)31-28(32)18(2)25-17-30-26-9-7-6-8-23(25)26/h6-11,13-18,28,30,32H,5,12H2,1-4H3,(H,31,33)/t18?,28-/m1/s1. The molecule has 0 bridgehead atoms. The number of aliphatic hydroxyl groups is 1. The molecule has 3 N–H and O–H groups in total. The van der Waals surface area contributed by atoms with E-state index in [2.05, 4.69) is 10.3 Å². The highest BCUT2D eigenvalue weighted by molar-refractivity contribution is 5.98. The van der Waals surface area contributed by atoms with Crippen molar-refractivity contribution in [3.05, 3.63) is 78.0 Å². The average Bonchev–Trinajstić information content (AvgIpc) is 3.35. The summed E-state index contributed by atoms with van der Waals surface area (Å²) in [4.78, 5) is 16.6. The second-order valence-electron chi connectivity index (χ2n) is 8.66. The first kappa shape index (κ1) is 25.1. The number of nitrogens with one attached hydrogen (secondary N) is 2. The fourth-order valence-corrected chi connectivity index (χ4v) is 4.18. The number of aliphatic hydroxyl groups excluding tert-OH is 1. The lowest BCUT2D eigenvalue weighted by molar-refractivity contribution is 0.0724. The van der Waals surface area contributed by atoms with Crippen LogP contribution in [0.3, 0.4) is 0 Å². The van der Waals surface area contributed by atoms with E-state index in [1.54, 1.807) is 32.4 Å². The summed E-state index contributed by atoms with van der Waals surface area (Å²) in [6.45, 7) is 4.36. The summed E-state index contributed by atoms with van der Waals surface area (Å²) in [5.41, 5.74) is 3.87. The molecule has 2 atom stereocenters. The van der Waals surface area contributed by atoms with Crippen molar-refractivity contribution in [3.8, 4) is 28.4 Å². The largest absolute Gasteiger partial charge is 0.497 e. The van der Waals surface area contributed by atoms with E-state index < -0.39 is 12.1 Å². The SMILES string of the molecule is CCCOc1ccc(-c2cc(OC)cc(OC)c2)cc1C(=O)N[C@H](O)C(C)c1c[nH]c2ccccc12. The van der Waals surface area contributed by atoms with Crippen molar-refractivity contribution in [2.75, 3.05) is 20.8 Å². The van der Waals surface area contributed by atoms with Gasteiger partial charge in [-0.1, -0.05) is 38.1 Å². The molecule has 0 aliphatic rings. The van der Waals surface area contributed by atoms with Gasteiger partial charge in [0.15, 0.2) is 0 Å². The minimum Gasteiger partial charge on any atom is -0.497 e. The van der Waals surface area contributed by atoms with Crippen molar-refractivity contribution >= 4 is 16.8 Å². The first-order chi connectivity index (χ1) is 17.4. The zero-order chi connectivity index (χ0) is 25.7. The third-order valence-corrected chi connectivity index (χ3v) is 6.24. The Kier molecular flexibility index (Phi) is 7.80. The molecule has 7 heteroatoms. The number of methoxy groups -OCH3 is 2. The number of para-hydroxylation sites is 1. The zero-order valence-corrected chi connectivity index (χ0v) is 21.0. The molecule has 0 fully saturated rings. The number of rotatable bonds is 10. The Labute approximate surface area is 211 Å². The summed E-state index contributed by atoms with van der Waals surface area (Å²) in [5.74, 6) is 0.988. The number of aromatic nitrogens is 1. The lowest BCUT2D eigenvalue weighted by Crippen LogP contribution is -2.38. The maximum Gasteiger partial charge on any atom is 0.257 e. The normalized spacial score (nSPS) is 12.7. The van der Waals surface area contributed by atoms with Crippen LogP contribution in [-0.2, 0) is 0 Å². The quantitative estimate of drug-likeness (QED) is 0.257. The average molecular weight is 489 g/mol. The Balaban J connectivity index is 1.63. The van der Waals surface area contributed by atoms with Crippen LogP contribution < -0.4 is 19.5 Å². The van der Waals surface area contributed by atoms with Gasteiger partial charge >= 0.3 is 0 Å². The van der Waals surface area contributed by atoms with E-state index in [4.69, 9.17) is 14.2 Å². The van der Waals surface area contributed by atoms with Gasteiger partial charge in [0.2, 0.25) is 0 Å². The van der Waals surface area contributed by atoms with Crippen LogP contribution in [0.4, 0.5) is 0 Å². The molecule has 0 saturated heterocycles. The summed E-state index contributed by atoms with van der Waals surface area (Å²) >= 11 is 0.